The van der Waals surface area contributed by atoms with Gasteiger partial charge in [0.1, 0.15) is 12.1 Å². The molecule has 2 aromatic rings. The molecular weight excluding hydrogens is 796 g/mol. The van der Waals surface area contributed by atoms with E-state index in [0.29, 0.717) is 46.9 Å². The number of benzene rings is 2. The Morgan fingerprint density at radius 2 is 1.43 bits per heavy atom. The lowest BCUT2D eigenvalue weighted by molar-refractivity contribution is -0.223. The van der Waals surface area contributed by atoms with E-state index in [9.17, 15) is 34.0 Å². The average molecular weight is 849 g/mol. The number of piperidine rings is 3. The number of likely N-dealkylation sites (tertiary alicyclic amines) is 1. The van der Waals surface area contributed by atoms with Crippen LogP contribution in [0.2, 0.25) is 5.02 Å². The van der Waals surface area contributed by atoms with Crippen molar-refractivity contribution in [1.29, 1.82) is 5.26 Å². The maximum absolute atomic E-state index is 13.9. The predicted octanol–water partition coefficient (Wildman–Crippen LogP) is 3.97. The van der Waals surface area contributed by atoms with Crippen LogP contribution in [0.15, 0.2) is 30.3 Å². The van der Waals surface area contributed by atoms with Gasteiger partial charge >= 0.3 is 0 Å². The average Bonchev–Trinajstić information content (AvgIpc) is 3.75. The molecule has 61 heavy (non-hydrogen) atoms. The Balaban J connectivity index is 0.654. The van der Waals surface area contributed by atoms with Gasteiger partial charge in [-0.15, -0.1) is 0 Å². The lowest BCUT2D eigenvalue weighted by atomic mass is 9.34. The number of amides is 6. The molecule has 6 heterocycles. The van der Waals surface area contributed by atoms with Gasteiger partial charge in [0, 0.05) is 89.8 Å². The first kappa shape index (κ1) is 40.1. The van der Waals surface area contributed by atoms with Gasteiger partial charge in [0.05, 0.1) is 32.5 Å². The zero-order valence-corrected chi connectivity index (χ0v) is 35.6. The van der Waals surface area contributed by atoms with Crippen molar-refractivity contribution < 1.29 is 28.8 Å². The zero-order valence-electron chi connectivity index (χ0n) is 34.8. The number of hydrogen-bond acceptors (Lipinski definition) is 10. The molecule has 3 aliphatic carbocycles. The van der Waals surface area contributed by atoms with Gasteiger partial charge in [-0.05, 0) is 112 Å². The van der Waals surface area contributed by atoms with E-state index in [-0.39, 0.29) is 40.9 Å². The number of fused-ring (bicyclic) bond motifs is 1. The van der Waals surface area contributed by atoms with E-state index < -0.39 is 29.7 Å². The zero-order chi connectivity index (χ0) is 42.4. The summed E-state index contributed by atoms with van der Waals surface area (Å²) in [6, 6.07) is 10.4. The van der Waals surface area contributed by atoms with Gasteiger partial charge in [-0.3, -0.25) is 43.9 Å². The van der Waals surface area contributed by atoms with Gasteiger partial charge in [-0.25, -0.2) is 0 Å². The van der Waals surface area contributed by atoms with Crippen LogP contribution in [0.1, 0.15) is 96.1 Å². The molecule has 2 bridgehead atoms. The highest BCUT2D eigenvalue weighted by Crippen LogP contribution is 2.74. The normalized spacial score (nSPS) is 28.7. The van der Waals surface area contributed by atoms with Gasteiger partial charge in [-0.1, -0.05) is 11.6 Å². The summed E-state index contributed by atoms with van der Waals surface area (Å²) in [5.41, 5.74) is 3.51. The van der Waals surface area contributed by atoms with Crippen molar-refractivity contribution in [3.05, 3.63) is 57.6 Å². The van der Waals surface area contributed by atoms with E-state index in [1.165, 1.54) is 0 Å². The molecule has 5 saturated heterocycles. The third-order valence-electron chi connectivity index (χ3n) is 15.9. The minimum Gasteiger partial charge on any atom is -0.371 e. The van der Waals surface area contributed by atoms with Crippen LogP contribution in [-0.2, 0) is 19.2 Å². The molecule has 11 rings (SSSR count). The molecule has 1 N–H and O–H groups in total. The Morgan fingerprint density at radius 1 is 0.787 bits per heavy atom. The maximum Gasteiger partial charge on any atom is 0.262 e. The number of halogens is 1. The fraction of sp³-hybridized carbons (Fsp3) is 0.587. The number of piperazine rings is 1. The second kappa shape index (κ2) is 14.8. The molecule has 8 fully saturated rings. The molecule has 14 nitrogen and oxygen atoms in total. The summed E-state index contributed by atoms with van der Waals surface area (Å²) in [7, 11) is 0. The fourth-order valence-electron chi connectivity index (χ4n) is 12.3. The quantitative estimate of drug-likeness (QED) is 0.405. The van der Waals surface area contributed by atoms with E-state index in [2.05, 4.69) is 31.0 Å². The van der Waals surface area contributed by atoms with Crippen LogP contribution in [0.3, 0.4) is 0 Å². The Hall–Kier alpha value is -5.00. The third-order valence-corrected chi connectivity index (χ3v) is 16.4. The van der Waals surface area contributed by atoms with Crippen molar-refractivity contribution in [2.75, 3.05) is 81.8 Å². The van der Waals surface area contributed by atoms with Crippen LogP contribution in [0.25, 0.3) is 0 Å². The third kappa shape index (κ3) is 6.60. The Bertz CT molecular complexity index is 2260. The molecule has 15 heteroatoms. The molecule has 0 aromatic heterocycles. The standard InChI is InChI=1S/C46H53ClN8O6/c1-29-35(5-2-31(23-48)38(29)47)54-17-12-44(28-54)10-15-52(16-11-44)42(60)45-25-46(26-45,27-45)43(61)53-20-18-50(19-21-53)24-30-8-13-51(14-9-30)32-3-4-33-34(22-32)41(59)55(40(33)58)36-6-7-37(56)49-39(36)57/h2-5,22,30,36H,6-21,24-28H2,1H3,(H,49,56,57). The highest BCUT2D eigenvalue weighted by atomic mass is 35.5. The smallest absolute Gasteiger partial charge is 0.262 e. The molecule has 1 atom stereocenters. The number of rotatable bonds is 7. The molecular formula is C46H53ClN8O6. The van der Waals surface area contributed by atoms with Gasteiger partial charge in [-0.2, -0.15) is 5.26 Å². The van der Waals surface area contributed by atoms with E-state index in [1.807, 2.05) is 30.0 Å². The lowest BCUT2D eigenvalue weighted by Gasteiger charge is -2.69. The molecule has 0 radical (unpaired) electrons. The SMILES string of the molecule is Cc1c(N2CCC3(CCN(C(=O)C45CC(C(=O)N6CCN(CC7CCN(c8ccc9c(c8)C(=O)N(C8CCC(=O)NC8=O)C9=O)CC7)CC6)(C4)C5)CC3)C2)ccc(C#N)c1Cl. The number of nitrogens with zero attached hydrogens (tertiary/aromatic N) is 7. The molecule has 1 spiro atoms. The number of nitrogens with one attached hydrogen (secondary N) is 1. The summed E-state index contributed by atoms with van der Waals surface area (Å²) in [5, 5.41) is 12.1. The number of carbonyl (C=O) groups is 6. The molecule has 2 aromatic carbocycles. The van der Waals surface area contributed by atoms with Crippen LogP contribution >= 0.6 is 11.6 Å². The first-order valence-corrected chi connectivity index (χ1v) is 22.6. The molecule has 320 valence electrons. The molecule has 1 unspecified atom stereocenters. The largest absolute Gasteiger partial charge is 0.371 e. The second-order valence-corrected chi connectivity index (χ2v) is 19.8. The number of anilines is 2. The van der Waals surface area contributed by atoms with E-state index >= 15 is 0 Å². The van der Waals surface area contributed by atoms with Crippen molar-refractivity contribution in [2.24, 2.45) is 22.2 Å². The molecule has 3 saturated carbocycles. The van der Waals surface area contributed by atoms with Crippen LogP contribution < -0.4 is 15.1 Å². The second-order valence-electron chi connectivity index (χ2n) is 19.4. The Labute approximate surface area is 361 Å². The highest BCUT2D eigenvalue weighted by molar-refractivity contribution is 6.33. The van der Waals surface area contributed by atoms with Crippen molar-refractivity contribution in [2.45, 2.75) is 77.2 Å². The van der Waals surface area contributed by atoms with Gasteiger partial charge in [0.2, 0.25) is 23.6 Å². The minimum absolute atomic E-state index is 0.0886. The van der Waals surface area contributed by atoms with E-state index in [4.69, 9.17) is 11.6 Å². The monoisotopic (exact) mass is 848 g/mol. The summed E-state index contributed by atoms with van der Waals surface area (Å²) >= 11 is 6.50. The first-order chi connectivity index (χ1) is 29.3. The molecule has 9 aliphatic rings. The molecule has 6 aliphatic heterocycles. The van der Waals surface area contributed by atoms with Crippen molar-refractivity contribution >= 4 is 58.4 Å². The van der Waals surface area contributed by atoms with E-state index in [1.54, 1.807) is 12.1 Å². The number of carbonyl (C=O) groups excluding carboxylic acids is 6. The van der Waals surface area contributed by atoms with Gasteiger partial charge < -0.3 is 19.6 Å². The summed E-state index contributed by atoms with van der Waals surface area (Å²) in [6.07, 6.45) is 7.34. The number of nitriles is 1. The summed E-state index contributed by atoms with van der Waals surface area (Å²) in [4.78, 5) is 90.6. The highest BCUT2D eigenvalue weighted by Gasteiger charge is 2.76. The van der Waals surface area contributed by atoms with Gasteiger partial charge in [0.15, 0.2) is 0 Å². The van der Waals surface area contributed by atoms with E-state index in [0.717, 1.165) is 126 Å². The number of hydrogen-bond donors (Lipinski definition) is 1. The topological polar surface area (TPSA) is 158 Å². The number of imide groups is 2. The lowest BCUT2D eigenvalue weighted by Crippen LogP contribution is -2.73. The minimum atomic E-state index is -0.977. The maximum atomic E-state index is 13.9. The van der Waals surface area contributed by atoms with Crippen LogP contribution in [0, 0.1) is 40.4 Å². The van der Waals surface area contributed by atoms with Crippen molar-refractivity contribution in [1.82, 2.24) is 24.9 Å². The van der Waals surface area contributed by atoms with Crippen LogP contribution in [0.5, 0.6) is 0 Å². The van der Waals surface area contributed by atoms with Crippen LogP contribution in [-0.4, -0.2) is 133 Å². The molecule has 6 amide bonds. The van der Waals surface area contributed by atoms with Crippen LogP contribution in [0.4, 0.5) is 11.4 Å². The summed E-state index contributed by atoms with van der Waals surface area (Å²) < 4.78 is 0. The summed E-state index contributed by atoms with van der Waals surface area (Å²) in [5.74, 6) is -0.965. The first-order valence-electron chi connectivity index (χ1n) is 22.2. The Kier molecular flexibility index (Phi) is 9.75. The van der Waals surface area contributed by atoms with Gasteiger partial charge in [0.25, 0.3) is 11.8 Å². The van der Waals surface area contributed by atoms with Crippen molar-refractivity contribution in [3.8, 4) is 6.07 Å². The van der Waals surface area contributed by atoms with Crippen molar-refractivity contribution in [3.63, 3.8) is 0 Å². The predicted molar refractivity (Wildman–Crippen MR) is 226 cm³/mol. The summed E-state index contributed by atoms with van der Waals surface area (Å²) in [6.45, 7) is 11.2. The fourth-order valence-corrected chi connectivity index (χ4v) is 12.5. The Morgan fingerprint density at radius 3 is 2.08 bits per heavy atom.